The number of nitrogens with zero attached hydrogens (tertiary/aromatic N) is 5. The topological polar surface area (TPSA) is 76.3 Å². The zero-order valence-electron chi connectivity index (χ0n) is 20.2. The van der Waals surface area contributed by atoms with Crippen LogP contribution in [0, 0.1) is 0 Å². The quantitative estimate of drug-likeness (QED) is 0.309. The largest absolute Gasteiger partial charge is 0.479 e. The maximum absolute atomic E-state index is 13.1. The maximum Gasteiger partial charge on any atom is 0.433 e. The predicted octanol–water partition coefficient (Wildman–Crippen LogP) is 5.47. The minimum atomic E-state index is -4.69. The molecule has 1 atom stereocenters. The lowest BCUT2D eigenvalue weighted by Crippen LogP contribution is -2.38. The van der Waals surface area contributed by atoms with Crippen LogP contribution in [0.3, 0.4) is 0 Å². The highest BCUT2D eigenvalue weighted by atomic mass is 35.5. The van der Waals surface area contributed by atoms with Gasteiger partial charge in [0.15, 0.2) is 23.8 Å². The summed E-state index contributed by atoms with van der Waals surface area (Å²) < 4.78 is 85.0. The molecule has 1 N–H and O–H groups in total. The Morgan fingerprint density at radius 2 is 1.74 bits per heavy atom. The van der Waals surface area contributed by atoms with E-state index >= 15 is 0 Å². The van der Waals surface area contributed by atoms with Crippen LogP contribution in [-0.4, -0.2) is 50.5 Å². The van der Waals surface area contributed by atoms with E-state index in [9.17, 15) is 31.4 Å². The van der Waals surface area contributed by atoms with Crippen LogP contribution in [0.15, 0.2) is 49.1 Å². The molecule has 14 heteroatoms. The molecule has 1 aromatic carbocycles. The average Bonchev–Trinajstić information content (AvgIpc) is 3.27. The van der Waals surface area contributed by atoms with Gasteiger partial charge < -0.3 is 19.3 Å². The molecule has 0 amide bonds. The highest BCUT2D eigenvalue weighted by molar-refractivity contribution is 6.37. The van der Waals surface area contributed by atoms with Crippen molar-refractivity contribution in [1.82, 2.24) is 19.5 Å². The minimum Gasteiger partial charge on any atom is -0.479 e. The molecule has 7 nitrogen and oxygen atoms in total. The maximum atomic E-state index is 13.1. The molecule has 206 valence electrons. The third-order valence-electron chi connectivity index (χ3n) is 6.47. The molecule has 0 spiro atoms. The number of ether oxygens (including phenoxy) is 1. The van der Waals surface area contributed by atoms with Crippen LogP contribution in [0.2, 0.25) is 5.02 Å². The Kier molecular flexibility index (Phi) is 6.62. The lowest BCUT2D eigenvalue weighted by Gasteiger charge is -2.34. The first-order chi connectivity index (χ1) is 18.3. The number of rotatable bonds is 6. The number of pyridine rings is 2. The highest BCUT2D eigenvalue weighted by Gasteiger charge is 2.39. The Morgan fingerprint density at radius 3 is 2.28 bits per heavy atom. The molecule has 1 aliphatic rings. The lowest BCUT2D eigenvalue weighted by atomic mass is 9.83. The fourth-order valence-corrected chi connectivity index (χ4v) is 4.68. The summed E-state index contributed by atoms with van der Waals surface area (Å²) in [6, 6.07) is 6.28. The standard InChI is InChI=1S/C25H20ClF6N5O2/c1-36-13-33-11-19(36)24(38,15-4-6-18(34-10-15)25(30,31)32)14-3-5-17-16(9-14)20(26)21(39-12-23(27,28)29)22(35-17)37-7-2-8-37/h3-6,9-11,13,38H,2,7-8,12H2,1H3/t24-/m1/s1. The second-order valence-corrected chi connectivity index (χ2v) is 9.46. The summed E-state index contributed by atoms with van der Waals surface area (Å²) in [6.07, 6.45) is -4.84. The van der Waals surface area contributed by atoms with Crippen LogP contribution in [0.1, 0.15) is 28.9 Å². The van der Waals surface area contributed by atoms with Crippen molar-refractivity contribution in [2.45, 2.75) is 24.4 Å². The van der Waals surface area contributed by atoms with Crippen LogP contribution in [-0.2, 0) is 18.8 Å². The third kappa shape index (κ3) is 4.96. The van der Waals surface area contributed by atoms with Gasteiger partial charge in [0.05, 0.1) is 28.8 Å². The molecule has 3 aromatic heterocycles. The van der Waals surface area contributed by atoms with Gasteiger partial charge in [0.1, 0.15) is 5.69 Å². The summed E-state index contributed by atoms with van der Waals surface area (Å²) in [5.41, 5.74) is -2.56. The Morgan fingerprint density at radius 1 is 1.03 bits per heavy atom. The molecule has 4 aromatic rings. The normalized spacial score (nSPS) is 15.8. The van der Waals surface area contributed by atoms with E-state index in [-0.39, 0.29) is 38.8 Å². The summed E-state index contributed by atoms with van der Waals surface area (Å²) >= 11 is 6.60. The Labute approximate surface area is 222 Å². The van der Waals surface area contributed by atoms with Gasteiger partial charge in [0, 0.05) is 37.3 Å². The van der Waals surface area contributed by atoms with Gasteiger partial charge in [0.25, 0.3) is 0 Å². The molecule has 1 aliphatic heterocycles. The highest BCUT2D eigenvalue weighted by Crippen LogP contribution is 2.44. The van der Waals surface area contributed by atoms with E-state index < -0.39 is 30.3 Å². The monoisotopic (exact) mass is 571 g/mol. The molecule has 1 saturated heterocycles. The molecule has 1 fully saturated rings. The number of imidazole rings is 1. The smallest absolute Gasteiger partial charge is 0.433 e. The number of anilines is 1. The summed E-state index contributed by atoms with van der Waals surface area (Å²) in [5, 5.41) is 12.1. The van der Waals surface area contributed by atoms with Crippen LogP contribution in [0.25, 0.3) is 10.9 Å². The SMILES string of the molecule is Cn1cncc1[C@](O)(c1ccc(C(F)(F)F)nc1)c1ccc2nc(N3CCC3)c(OCC(F)(F)F)c(Cl)c2c1. The Balaban J connectivity index is 1.69. The van der Waals surface area contributed by atoms with E-state index in [0.29, 0.717) is 18.6 Å². The number of benzene rings is 1. The number of hydrogen-bond donors (Lipinski definition) is 1. The lowest BCUT2D eigenvalue weighted by molar-refractivity contribution is -0.153. The van der Waals surface area contributed by atoms with Crippen molar-refractivity contribution in [3.8, 4) is 5.75 Å². The van der Waals surface area contributed by atoms with Crippen molar-refractivity contribution in [1.29, 1.82) is 0 Å². The van der Waals surface area contributed by atoms with E-state index in [1.165, 1.54) is 35.3 Å². The zero-order chi connectivity index (χ0) is 28.2. The van der Waals surface area contributed by atoms with Gasteiger partial charge in [0.2, 0.25) is 0 Å². The Bertz CT molecular complexity index is 1520. The summed E-state index contributed by atoms with van der Waals surface area (Å²) in [4.78, 5) is 13.7. The summed E-state index contributed by atoms with van der Waals surface area (Å²) in [6.45, 7) is -0.455. The summed E-state index contributed by atoms with van der Waals surface area (Å²) in [5.74, 6) is -0.0804. The van der Waals surface area contributed by atoms with E-state index in [1.807, 2.05) is 0 Å². The molecule has 5 rings (SSSR count). The molecular formula is C25H20ClF6N5O2. The zero-order valence-corrected chi connectivity index (χ0v) is 20.9. The number of aliphatic hydroxyl groups is 1. The van der Waals surface area contributed by atoms with E-state index in [1.54, 1.807) is 11.9 Å². The molecule has 0 aliphatic carbocycles. The van der Waals surface area contributed by atoms with Crippen LogP contribution >= 0.6 is 11.6 Å². The second-order valence-electron chi connectivity index (χ2n) is 9.08. The number of halogens is 7. The molecule has 0 unspecified atom stereocenters. The number of aryl methyl sites for hydroxylation is 1. The van der Waals surface area contributed by atoms with Gasteiger partial charge >= 0.3 is 12.4 Å². The molecule has 0 radical (unpaired) electrons. The van der Waals surface area contributed by atoms with Crippen molar-refractivity contribution in [2.24, 2.45) is 7.05 Å². The molecule has 0 saturated carbocycles. The fraction of sp³-hybridized carbons (Fsp3) is 0.320. The molecular weight excluding hydrogens is 552 g/mol. The van der Waals surface area contributed by atoms with Crippen LogP contribution in [0.4, 0.5) is 32.2 Å². The minimum absolute atomic E-state index is 0.00623. The molecule has 0 bridgehead atoms. The van der Waals surface area contributed by atoms with Gasteiger partial charge in [-0.25, -0.2) is 9.97 Å². The van der Waals surface area contributed by atoms with Crippen LogP contribution in [0.5, 0.6) is 5.75 Å². The first kappa shape index (κ1) is 27.0. The van der Waals surface area contributed by atoms with Crippen molar-refractivity contribution < 1.29 is 36.2 Å². The van der Waals surface area contributed by atoms with Crippen molar-refractivity contribution in [3.05, 3.63) is 76.6 Å². The average molecular weight is 572 g/mol. The fourth-order valence-electron chi connectivity index (χ4n) is 4.39. The van der Waals surface area contributed by atoms with Gasteiger partial charge in [-0.1, -0.05) is 23.7 Å². The molecule has 4 heterocycles. The third-order valence-corrected chi connectivity index (χ3v) is 6.85. The van der Waals surface area contributed by atoms with Crippen LogP contribution < -0.4 is 9.64 Å². The van der Waals surface area contributed by atoms with E-state index in [0.717, 1.165) is 24.8 Å². The second kappa shape index (κ2) is 9.56. The summed E-state index contributed by atoms with van der Waals surface area (Å²) in [7, 11) is 1.59. The van der Waals surface area contributed by atoms with Crippen molar-refractivity contribution in [3.63, 3.8) is 0 Å². The van der Waals surface area contributed by atoms with E-state index in [4.69, 9.17) is 16.3 Å². The van der Waals surface area contributed by atoms with Gasteiger partial charge in [-0.2, -0.15) is 26.3 Å². The van der Waals surface area contributed by atoms with Crippen molar-refractivity contribution >= 4 is 28.3 Å². The number of hydrogen-bond acceptors (Lipinski definition) is 6. The number of aromatic nitrogens is 4. The first-order valence-corrected chi connectivity index (χ1v) is 12.0. The predicted molar refractivity (Wildman–Crippen MR) is 130 cm³/mol. The number of fused-ring (bicyclic) bond motifs is 1. The number of alkyl halides is 6. The van der Waals surface area contributed by atoms with E-state index in [2.05, 4.69) is 15.0 Å². The van der Waals surface area contributed by atoms with Gasteiger partial charge in [-0.05, 0) is 30.2 Å². The van der Waals surface area contributed by atoms with Gasteiger partial charge in [-0.15, -0.1) is 0 Å². The Hall–Kier alpha value is -3.58. The molecule has 39 heavy (non-hydrogen) atoms. The van der Waals surface area contributed by atoms with Crippen molar-refractivity contribution in [2.75, 3.05) is 24.6 Å². The first-order valence-electron chi connectivity index (χ1n) is 11.6. The van der Waals surface area contributed by atoms with Gasteiger partial charge in [-0.3, -0.25) is 4.98 Å².